The van der Waals surface area contributed by atoms with Crippen molar-refractivity contribution in [1.82, 2.24) is 5.16 Å². The summed E-state index contributed by atoms with van der Waals surface area (Å²) in [6.07, 6.45) is 1.11. The van der Waals surface area contributed by atoms with Crippen LogP contribution in [0, 0.1) is 13.8 Å². The van der Waals surface area contributed by atoms with Crippen LogP contribution in [0.3, 0.4) is 0 Å². The van der Waals surface area contributed by atoms with Crippen LogP contribution >= 0.6 is 0 Å². The molecule has 1 amide bonds. The molecule has 0 radical (unpaired) electrons. The molecular weight excluding hydrogens is 312 g/mol. The number of carbonyl (C=O) groups excluding carboxylic acids is 1. The van der Waals surface area contributed by atoms with E-state index in [4.69, 9.17) is 4.52 Å². The van der Waals surface area contributed by atoms with E-state index in [1.54, 1.807) is 0 Å². The first-order chi connectivity index (χ1) is 12.1. The van der Waals surface area contributed by atoms with Crippen molar-refractivity contribution in [2.75, 3.05) is 11.4 Å². The van der Waals surface area contributed by atoms with Crippen molar-refractivity contribution in [2.24, 2.45) is 0 Å². The van der Waals surface area contributed by atoms with Gasteiger partial charge in [0.15, 0.2) is 0 Å². The second-order valence-corrected chi connectivity index (χ2v) is 6.10. The van der Waals surface area contributed by atoms with Gasteiger partial charge in [-0.1, -0.05) is 53.7 Å². The Bertz CT molecular complexity index is 806. The van der Waals surface area contributed by atoms with Crippen LogP contribution in [0.2, 0.25) is 0 Å². The lowest BCUT2D eigenvalue weighted by atomic mass is 10.1. The highest BCUT2D eigenvalue weighted by atomic mass is 16.5. The summed E-state index contributed by atoms with van der Waals surface area (Å²) in [7, 11) is 0. The van der Waals surface area contributed by atoms with Gasteiger partial charge in [-0.15, -0.1) is 0 Å². The zero-order chi connectivity index (χ0) is 17.6. The minimum Gasteiger partial charge on any atom is -0.361 e. The molecule has 25 heavy (non-hydrogen) atoms. The van der Waals surface area contributed by atoms with Gasteiger partial charge in [-0.25, -0.2) is 0 Å². The molecule has 0 bridgehead atoms. The highest BCUT2D eigenvalue weighted by Crippen LogP contribution is 2.19. The smallest absolute Gasteiger partial charge is 0.231 e. The van der Waals surface area contributed by atoms with Gasteiger partial charge in [-0.3, -0.25) is 4.79 Å². The Morgan fingerprint density at radius 1 is 1.00 bits per heavy atom. The average Bonchev–Trinajstić information content (AvgIpc) is 2.96. The van der Waals surface area contributed by atoms with E-state index >= 15 is 0 Å². The zero-order valence-electron chi connectivity index (χ0n) is 14.6. The van der Waals surface area contributed by atoms with Crippen molar-refractivity contribution in [2.45, 2.75) is 26.7 Å². The molecule has 0 fully saturated rings. The summed E-state index contributed by atoms with van der Waals surface area (Å²) in [5.41, 5.74) is 3.79. The first-order valence-electron chi connectivity index (χ1n) is 8.46. The number of hydrogen-bond acceptors (Lipinski definition) is 3. The molecule has 0 aliphatic carbocycles. The van der Waals surface area contributed by atoms with Gasteiger partial charge in [-0.05, 0) is 38.0 Å². The Morgan fingerprint density at radius 2 is 1.64 bits per heavy atom. The number of nitrogens with zero attached hydrogens (tertiary/aromatic N) is 2. The third kappa shape index (κ3) is 4.15. The van der Waals surface area contributed by atoms with Crippen molar-refractivity contribution >= 4 is 11.6 Å². The number of para-hydroxylation sites is 1. The fraction of sp³-hybridized carbons (Fsp3) is 0.238. The maximum absolute atomic E-state index is 13.0. The zero-order valence-corrected chi connectivity index (χ0v) is 14.6. The van der Waals surface area contributed by atoms with E-state index in [1.807, 2.05) is 67.3 Å². The second kappa shape index (κ2) is 7.79. The van der Waals surface area contributed by atoms with Crippen molar-refractivity contribution in [1.29, 1.82) is 0 Å². The molecule has 128 valence electrons. The molecule has 2 aromatic carbocycles. The van der Waals surface area contributed by atoms with Crippen molar-refractivity contribution in [3.8, 4) is 0 Å². The van der Waals surface area contributed by atoms with Gasteiger partial charge in [0.25, 0.3) is 0 Å². The van der Waals surface area contributed by atoms with Crippen molar-refractivity contribution in [3.05, 3.63) is 83.2 Å². The number of aromatic nitrogens is 1. The first-order valence-corrected chi connectivity index (χ1v) is 8.46. The molecule has 0 spiro atoms. The molecule has 0 aliphatic heterocycles. The Hall–Kier alpha value is -2.88. The minimum atomic E-state index is 0.0523. The SMILES string of the molecule is Cc1noc(C)c1CC(=O)N(CCc1ccccc1)c1ccccc1. The van der Waals surface area contributed by atoms with Gasteiger partial charge >= 0.3 is 0 Å². The van der Waals surface area contributed by atoms with Crippen LogP contribution in [0.25, 0.3) is 0 Å². The van der Waals surface area contributed by atoms with Crippen LogP contribution < -0.4 is 4.90 Å². The van der Waals surface area contributed by atoms with Crippen LogP contribution in [0.1, 0.15) is 22.6 Å². The summed E-state index contributed by atoms with van der Waals surface area (Å²) < 4.78 is 5.19. The summed E-state index contributed by atoms with van der Waals surface area (Å²) in [6.45, 7) is 4.35. The predicted molar refractivity (Wildman–Crippen MR) is 98.6 cm³/mol. The third-order valence-corrected chi connectivity index (χ3v) is 4.35. The van der Waals surface area contributed by atoms with Crippen LogP contribution in [0.4, 0.5) is 5.69 Å². The largest absolute Gasteiger partial charge is 0.361 e. The molecule has 0 atom stereocenters. The highest BCUT2D eigenvalue weighted by Gasteiger charge is 2.20. The summed E-state index contributed by atoms with van der Waals surface area (Å²) in [5.74, 6) is 0.762. The number of aryl methyl sites for hydroxylation is 2. The number of benzene rings is 2. The van der Waals surface area contributed by atoms with E-state index in [-0.39, 0.29) is 5.91 Å². The normalized spacial score (nSPS) is 10.6. The van der Waals surface area contributed by atoms with Crippen LogP contribution in [-0.2, 0) is 17.6 Å². The quantitative estimate of drug-likeness (QED) is 0.681. The van der Waals surface area contributed by atoms with Crippen LogP contribution in [0.5, 0.6) is 0 Å². The Balaban J connectivity index is 1.79. The molecule has 0 N–H and O–H groups in total. The Kier molecular flexibility index (Phi) is 5.29. The summed E-state index contributed by atoms with van der Waals surface area (Å²) in [4.78, 5) is 14.8. The molecule has 3 rings (SSSR count). The molecule has 0 aliphatic rings. The molecule has 0 saturated heterocycles. The maximum Gasteiger partial charge on any atom is 0.231 e. The van der Waals surface area contributed by atoms with Gasteiger partial charge < -0.3 is 9.42 Å². The van der Waals surface area contributed by atoms with Crippen molar-refractivity contribution < 1.29 is 9.32 Å². The lowest BCUT2D eigenvalue weighted by Gasteiger charge is -2.23. The monoisotopic (exact) mass is 334 g/mol. The lowest BCUT2D eigenvalue weighted by Crippen LogP contribution is -2.34. The first kappa shape index (κ1) is 17.0. The molecule has 4 nitrogen and oxygen atoms in total. The third-order valence-electron chi connectivity index (χ3n) is 4.35. The molecule has 1 heterocycles. The number of rotatable bonds is 6. The van der Waals surface area contributed by atoms with Gasteiger partial charge in [0.2, 0.25) is 5.91 Å². The van der Waals surface area contributed by atoms with Crippen LogP contribution in [0.15, 0.2) is 65.2 Å². The number of anilines is 1. The van der Waals surface area contributed by atoms with Gasteiger partial charge in [0, 0.05) is 17.8 Å². The fourth-order valence-electron chi connectivity index (χ4n) is 2.89. The van der Waals surface area contributed by atoms with Gasteiger partial charge in [0.1, 0.15) is 5.76 Å². The molecule has 0 saturated carbocycles. The van der Waals surface area contributed by atoms with E-state index in [0.29, 0.717) is 18.7 Å². The molecule has 4 heteroatoms. The van der Waals surface area contributed by atoms with E-state index in [2.05, 4.69) is 17.3 Å². The number of hydrogen-bond donors (Lipinski definition) is 0. The number of carbonyl (C=O) groups is 1. The Morgan fingerprint density at radius 3 is 2.24 bits per heavy atom. The predicted octanol–water partition coefficient (Wildman–Crippen LogP) is 4.11. The number of amides is 1. The maximum atomic E-state index is 13.0. The van der Waals surface area contributed by atoms with Crippen molar-refractivity contribution in [3.63, 3.8) is 0 Å². The minimum absolute atomic E-state index is 0.0523. The van der Waals surface area contributed by atoms with E-state index in [9.17, 15) is 4.79 Å². The standard InChI is InChI=1S/C21H22N2O2/c1-16-20(17(2)25-22-16)15-21(24)23(19-11-7-4-8-12-19)14-13-18-9-5-3-6-10-18/h3-12H,13-15H2,1-2H3. The lowest BCUT2D eigenvalue weighted by molar-refractivity contribution is -0.118. The molecule has 0 unspecified atom stereocenters. The van der Waals surface area contributed by atoms with Crippen LogP contribution in [-0.4, -0.2) is 17.6 Å². The molecule has 3 aromatic rings. The summed E-state index contributed by atoms with van der Waals surface area (Å²) in [5, 5.41) is 3.95. The Labute approximate surface area is 148 Å². The van der Waals surface area contributed by atoms with Gasteiger partial charge in [0.05, 0.1) is 12.1 Å². The second-order valence-electron chi connectivity index (χ2n) is 6.10. The van der Waals surface area contributed by atoms with E-state index in [0.717, 1.165) is 23.4 Å². The molecule has 1 aromatic heterocycles. The summed E-state index contributed by atoms with van der Waals surface area (Å²) >= 11 is 0. The molecular formula is C21H22N2O2. The topological polar surface area (TPSA) is 46.3 Å². The highest BCUT2D eigenvalue weighted by molar-refractivity contribution is 5.95. The fourth-order valence-corrected chi connectivity index (χ4v) is 2.89. The van der Waals surface area contributed by atoms with E-state index in [1.165, 1.54) is 5.56 Å². The van der Waals surface area contributed by atoms with E-state index < -0.39 is 0 Å². The van der Waals surface area contributed by atoms with Gasteiger partial charge in [-0.2, -0.15) is 0 Å². The summed E-state index contributed by atoms with van der Waals surface area (Å²) in [6, 6.07) is 20.0. The average molecular weight is 334 g/mol.